The Morgan fingerprint density at radius 1 is 1.34 bits per heavy atom. The molecule has 3 heterocycles. The van der Waals surface area contributed by atoms with Crippen LogP contribution in [0.1, 0.15) is 31.4 Å². The van der Waals surface area contributed by atoms with E-state index in [1.54, 1.807) is 17.6 Å². The summed E-state index contributed by atoms with van der Waals surface area (Å²) in [5.74, 6) is 0.644. The fraction of sp³-hybridized carbons (Fsp3) is 0.316. The highest BCUT2D eigenvalue weighted by Crippen LogP contribution is 2.40. The summed E-state index contributed by atoms with van der Waals surface area (Å²) in [6, 6.07) is 5.52. The third-order valence-electron chi connectivity index (χ3n) is 5.33. The number of fused-ring (bicyclic) bond motifs is 2. The Morgan fingerprint density at radius 3 is 2.91 bits per heavy atom. The van der Waals surface area contributed by atoms with Crippen molar-refractivity contribution in [1.29, 1.82) is 0 Å². The molecule has 0 fully saturated rings. The van der Waals surface area contributed by atoms with Crippen LogP contribution in [0, 0.1) is 0 Å². The van der Waals surface area contributed by atoms with E-state index in [2.05, 4.69) is 44.4 Å². The van der Waals surface area contributed by atoms with Crippen molar-refractivity contribution in [2.45, 2.75) is 30.7 Å². The first kappa shape index (κ1) is 22.8. The molecule has 0 spiro atoms. The highest BCUT2D eigenvalue weighted by molar-refractivity contribution is 7.92. The van der Waals surface area contributed by atoms with Crippen LogP contribution in [0.25, 0.3) is 4.96 Å². The van der Waals surface area contributed by atoms with Gasteiger partial charge in [0.25, 0.3) is 10.0 Å². The van der Waals surface area contributed by atoms with E-state index in [0.717, 1.165) is 36.3 Å². The van der Waals surface area contributed by atoms with Crippen molar-refractivity contribution >= 4 is 67.7 Å². The van der Waals surface area contributed by atoms with Gasteiger partial charge >= 0.3 is 0 Å². The molecule has 170 valence electrons. The molecule has 3 aromatic rings. The maximum absolute atomic E-state index is 13.1. The van der Waals surface area contributed by atoms with Crippen LogP contribution in [0.3, 0.4) is 0 Å². The van der Waals surface area contributed by atoms with E-state index >= 15 is 0 Å². The second-order valence-electron chi connectivity index (χ2n) is 8.02. The second-order valence-corrected chi connectivity index (χ2v) is 10.8. The second kappa shape index (κ2) is 8.22. The summed E-state index contributed by atoms with van der Waals surface area (Å²) >= 11 is 7.44. The van der Waals surface area contributed by atoms with Gasteiger partial charge in [0.15, 0.2) is 15.1 Å². The van der Waals surface area contributed by atoms with Crippen LogP contribution >= 0.6 is 35.3 Å². The smallest absolute Gasteiger partial charge is 0.281 e. The van der Waals surface area contributed by atoms with Gasteiger partial charge in [-0.05, 0) is 23.1 Å². The van der Waals surface area contributed by atoms with E-state index < -0.39 is 10.0 Å². The molecule has 2 aromatic heterocycles. The van der Waals surface area contributed by atoms with E-state index in [1.165, 1.54) is 15.7 Å². The number of aliphatic imine (C=N–C) groups is 1. The van der Waals surface area contributed by atoms with E-state index in [-0.39, 0.29) is 28.0 Å². The standard InChI is InChI=1S/C19H20ClN7O2S2.ClH/c1-19(2)10-14(24-25-17-21-5-6-22-17)12-9-11(3-4-13(12)19)26-31(28,29)16-15(20)23-18-27(16)7-8-30-18;/h3-4,7-9,26H,5-6,10H2,1-2H3,(H2,21,22,25);1H. The first-order valence-electron chi connectivity index (χ1n) is 9.64. The Labute approximate surface area is 200 Å². The largest absolute Gasteiger partial charge is 0.353 e. The maximum Gasteiger partial charge on any atom is 0.281 e. The van der Waals surface area contributed by atoms with E-state index in [0.29, 0.717) is 16.6 Å². The molecular formula is C19H21Cl2N7O2S2. The Balaban J connectivity index is 0.00000245. The number of nitrogens with one attached hydrogen (secondary N) is 3. The van der Waals surface area contributed by atoms with Crippen LogP contribution in [0.15, 0.2) is 44.9 Å². The van der Waals surface area contributed by atoms with Gasteiger partial charge < -0.3 is 5.32 Å². The first-order chi connectivity index (χ1) is 14.7. The summed E-state index contributed by atoms with van der Waals surface area (Å²) in [6.45, 7) is 5.79. The number of sulfonamides is 1. The molecule has 1 aromatic carbocycles. The zero-order chi connectivity index (χ0) is 21.8. The zero-order valence-electron chi connectivity index (χ0n) is 17.2. The third kappa shape index (κ3) is 3.94. The molecule has 5 rings (SSSR count). The zero-order valence-corrected chi connectivity index (χ0v) is 20.4. The molecule has 9 nitrogen and oxygen atoms in total. The summed E-state index contributed by atoms with van der Waals surface area (Å²) < 4.78 is 30.3. The monoisotopic (exact) mass is 513 g/mol. The lowest BCUT2D eigenvalue weighted by atomic mass is 9.86. The van der Waals surface area contributed by atoms with E-state index in [4.69, 9.17) is 11.6 Å². The lowest BCUT2D eigenvalue weighted by Gasteiger charge is -2.18. The van der Waals surface area contributed by atoms with Crippen molar-refractivity contribution in [3.8, 4) is 0 Å². The topological polar surface area (TPSA) is 112 Å². The molecular weight excluding hydrogens is 493 g/mol. The molecule has 0 atom stereocenters. The average molecular weight is 514 g/mol. The summed E-state index contributed by atoms with van der Waals surface area (Å²) in [4.78, 5) is 8.92. The quantitative estimate of drug-likeness (QED) is 0.463. The Bertz CT molecular complexity index is 1360. The molecule has 2 aliphatic rings. The van der Waals surface area contributed by atoms with Crippen molar-refractivity contribution in [3.63, 3.8) is 0 Å². The Hall–Kier alpha value is -2.34. The van der Waals surface area contributed by atoms with Gasteiger partial charge in [0.1, 0.15) is 0 Å². The summed E-state index contributed by atoms with van der Waals surface area (Å²) in [7, 11) is -3.95. The predicted octanol–water partition coefficient (Wildman–Crippen LogP) is 3.21. The number of hydrogen-bond acceptors (Lipinski definition) is 8. The lowest BCUT2D eigenvalue weighted by molar-refractivity contribution is 0.567. The molecule has 0 saturated heterocycles. The molecule has 3 N–H and O–H groups in total. The van der Waals surface area contributed by atoms with E-state index in [9.17, 15) is 8.42 Å². The molecule has 0 saturated carbocycles. The number of halogens is 2. The van der Waals surface area contributed by atoms with Crippen LogP contribution in [0.5, 0.6) is 0 Å². The minimum absolute atomic E-state index is 0. The molecule has 0 bridgehead atoms. The molecule has 0 radical (unpaired) electrons. The summed E-state index contributed by atoms with van der Waals surface area (Å²) in [6.07, 6.45) is 2.36. The number of benzene rings is 1. The van der Waals surface area contributed by atoms with Gasteiger partial charge in [0.2, 0.25) is 5.96 Å². The van der Waals surface area contributed by atoms with Crippen LogP contribution in [0.4, 0.5) is 5.69 Å². The number of nitrogens with zero attached hydrogens (tertiary/aromatic N) is 4. The number of hydrazone groups is 1. The molecule has 1 aliphatic carbocycles. The average Bonchev–Trinajstić information content (AvgIpc) is 3.44. The highest BCUT2D eigenvalue weighted by Gasteiger charge is 2.35. The first-order valence-corrected chi connectivity index (χ1v) is 12.4. The normalized spacial score (nSPS) is 18.2. The van der Waals surface area contributed by atoms with Gasteiger partial charge in [-0.3, -0.25) is 9.12 Å². The molecule has 0 amide bonds. The number of aromatic nitrogens is 2. The highest BCUT2D eigenvalue weighted by atomic mass is 35.5. The number of anilines is 1. The SMILES string of the molecule is CC1(C)CC(=NNC2=NCCN2)c2cc(NS(=O)(=O)c3c(Cl)nc4sccn34)ccc21.Cl. The number of imidazole rings is 1. The van der Waals surface area contributed by atoms with Gasteiger partial charge in [0, 0.05) is 35.8 Å². The molecule has 0 unspecified atom stereocenters. The fourth-order valence-corrected chi connectivity index (χ4v) is 6.43. The van der Waals surface area contributed by atoms with Gasteiger partial charge in [-0.1, -0.05) is 31.5 Å². The molecule has 32 heavy (non-hydrogen) atoms. The third-order valence-corrected chi connectivity index (χ3v) is 7.86. The number of rotatable bonds is 4. The van der Waals surface area contributed by atoms with Gasteiger partial charge in [-0.15, -0.1) is 23.7 Å². The summed E-state index contributed by atoms with van der Waals surface area (Å²) in [5, 5.41) is 9.29. The van der Waals surface area contributed by atoms with Gasteiger partial charge in [-0.2, -0.15) is 13.5 Å². The number of thiazole rings is 1. The van der Waals surface area contributed by atoms with Crippen LogP contribution in [-0.4, -0.2) is 42.6 Å². The van der Waals surface area contributed by atoms with Crippen LogP contribution < -0.4 is 15.5 Å². The van der Waals surface area contributed by atoms with Crippen molar-refractivity contribution in [2.24, 2.45) is 10.1 Å². The minimum Gasteiger partial charge on any atom is -0.353 e. The molecule has 13 heteroatoms. The Morgan fingerprint density at radius 2 is 2.16 bits per heavy atom. The maximum atomic E-state index is 13.1. The lowest BCUT2D eigenvalue weighted by Crippen LogP contribution is -2.31. The van der Waals surface area contributed by atoms with Crippen molar-refractivity contribution < 1.29 is 8.42 Å². The van der Waals surface area contributed by atoms with Crippen molar-refractivity contribution in [3.05, 3.63) is 46.1 Å². The fourth-order valence-electron chi connectivity index (χ4n) is 3.92. The van der Waals surface area contributed by atoms with Gasteiger partial charge in [-0.25, -0.2) is 15.4 Å². The van der Waals surface area contributed by atoms with Gasteiger partial charge in [0.05, 0.1) is 12.3 Å². The van der Waals surface area contributed by atoms with E-state index in [1.807, 2.05) is 12.1 Å². The van der Waals surface area contributed by atoms with Crippen LogP contribution in [0.2, 0.25) is 5.15 Å². The molecule has 1 aliphatic heterocycles. The Kier molecular flexibility index (Phi) is 5.86. The number of guanidine groups is 1. The van der Waals surface area contributed by atoms with Crippen molar-refractivity contribution in [1.82, 2.24) is 20.1 Å². The number of hydrogen-bond donors (Lipinski definition) is 3. The summed E-state index contributed by atoms with van der Waals surface area (Å²) in [5.41, 5.74) is 6.15. The van der Waals surface area contributed by atoms with Crippen molar-refractivity contribution in [2.75, 3.05) is 17.8 Å². The van der Waals surface area contributed by atoms with Crippen LogP contribution in [-0.2, 0) is 15.4 Å². The predicted molar refractivity (Wildman–Crippen MR) is 130 cm³/mol. The minimum atomic E-state index is -3.95.